The molecule has 0 saturated carbocycles. The van der Waals surface area contributed by atoms with Crippen LogP contribution in [0.3, 0.4) is 0 Å². The summed E-state index contributed by atoms with van der Waals surface area (Å²) in [5.41, 5.74) is 11.4. The Morgan fingerprint density at radius 2 is 1.79 bits per heavy atom. The van der Waals surface area contributed by atoms with Crippen molar-refractivity contribution >= 4 is 11.5 Å². The molecule has 0 radical (unpaired) electrons. The second-order valence-corrected chi connectivity index (χ2v) is 7.42. The number of rotatable bonds is 3. The summed E-state index contributed by atoms with van der Waals surface area (Å²) in [5, 5.41) is 10.0. The number of benzene rings is 2. The number of allylic oxidation sites excluding steroid dienone is 3. The van der Waals surface area contributed by atoms with E-state index in [2.05, 4.69) is 6.07 Å². The molecule has 0 spiro atoms. The van der Waals surface area contributed by atoms with E-state index in [0.29, 0.717) is 23.4 Å². The van der Waals surface area contributed by atoms with E-state index < -0.39 is 5.92 Å². The number of carbonyl (C=O) groups is 1. The molecular weight excluding hydrogens is 362 g/mol. The minimum absolute atomic E-state index is 0.0874. The summed E-state index contributed by atoms with van der Waals surface area (Å²) in [6.45, 7) is 2.02. The summed E-state index contributed by atoms with van der Waals surface area (Å²) in [4.78, 5) is 14.9. The molecule has 0 saturated heterocycles. The van der Waals surface area contributed by atoms with E-state index in [1.807, 2.05) is 60.4 Å². The van der Waals surface area contributed by atoms with Gasteiger partial charge in [0.15, 0.2) is 5.78 Å². The Labute approximate surface area is 170 Å². The van der Waals surface area contributed by atoms with E-state index in [-0.39, 0.29) is 5.78 Å². The average molecular weight is 385 g/mol. The van der Waals surface area contributed by atoms with Gasteiger partial charge in [0.05, 0.1) is 24.7 Å². The largest absolute Gasteiger partial charge is 0.497 e. The second-order valence-electron chi connectivity index (χ2n) is 7.42. The maximum Gasteiger partial charge on any atom is 0.161 e. The number of nitrogens with two attached hydrogens (primary N) is 1. The molecule has 1 aliphatic carbocycles. The number of carbonyl (C=O) groups excluding carboxylic acids is 1. The van der Waals surface area contributed by atoms with Gasteiger partial charge in [-0.2, -0.15) is 5.26 Å². The van der Waals surface area contributed by atoms with Crippen LogP contribution >= 0.6 is 0 Å². The summed E-state index contributed by atoms with van der Waals surface area (Å²) >= 11 is 0. The molecule has 5 nitrogen and oxygen atoms in total. The molecule has 1 aliphatic heterocycles. The lowest BCUT2D eigenvalue weighted by molar-refractivity contribution is -0.116. The Balaban J connectivity index is 1.92. The number of nitriles is 1. The summed E-state index contributed by atoms with van der Waals surface area (Å²) in [6.07, 6.45) is 2.03. The summed E-state index contributed by atoms with van der Waals surface area (Å²) in [6, 6.07) is 17.8. The van der Waals surface area contributed by atoms with E-state index in [9.17, 15) is 10.1 Å². The molecule has 5 heteroatoms. The van der Waals surface area contributed by atoms with Gasteiger partial charge in [0.25, 0.3) is 0 Å². The zero-order valence-corrected chi connectivity index (χ0v) is 16.6. The fourth-order valence-electron chi connectivity index (χ4n) is 4.20. The van der Waals surface area contributed by atoms with Crippen LogP contribution in [-0.2, 0) is 4.79 Å². The van der Waals surface area contributed by atoms with Crippen LogP contribution in [0.2, 0.25) is 0 Å². The molecule has 2 aromatic rings. The van der Waals surface area contributed by atoms with Crippen LogP contribution in [0, 0.1) is 18.3 Å². The standard InChI is InChI=1S/C24H23N3O2/c1-15-6-10-17(11-7-15)27-20-4-3-5-21(28)23(20)22(19(14-25)24(27)26)16-8-12-18(29-2)13-9-16/h6-13,22H,3-5,26H2,1-2H3/t22-/m1/s1. The van der Waals surface area contributed by atoms with Crippen molar-refractivity contribution in [1.29, 1.82) is 5.26 Å². The molecule has 2 aliphatic rings. The number of anilines is 1. The SMILES string of the molecule is COc1ccc([C@@H]2C(C#N)=C(N)N(c3ccc(C)cc3)C3=C2C(=O)CCC3)cc1. The van der Waals surface area contributed by atoms with Crippen LogP contribution in [0.15, 0.2) is 71.2 Å². The molecule has 0 amide bonds. The van der Waals surface area contributed by atoms with Gasteiger partial charge in [-0.3, -0.25) is 9.69 Å². The lowest BCUT2D eigenvalue weighted by atomic mass is 9.75. The monoisotopic (exact) mass is 385 g/mol. The third-order valence-corrected chi connectivity index (χ3v) is 5.65. The number of ketones is 1. The number of ether oxygens (including phenoxy) is 1. The fourth-order valence-corrected chi connectivity index (χ4v) is 4.20. The van der Waals surface area contributed by atoms with Crippen LogP contribution in [0.25, 0.3) is 0 Å². The molecule has 2 aromatic carbocycles. The first-order valence-corrected chi connectivity index (χ1v) is 9.72. The number of methoxy groups -OCH3 is 1. The van der Waals surface area contributed by atoms with Crippen molar-refractivity contribution in [3.05, 3.63) is 82.3 Å². The van der Waals surface area contributed by atoms with Gasteiger partial charge in [0.2, 0.25) is 0 Å². The Morgan fingerprint density at radius 1 is 1.10 bits per heavy atom. The molecular formula is C24H23N3O2. The summed E-state index contributed by atoms with van der Waals surface area (Å²) in [7, 11) is 1.61. The highest BCUT2D eigenvalue weighted by atomic mass is 16.5. The molecule has 29 heavy (non-hydrogen) atoms. The molecule has 1 heterocycles. The molecule has 1 atom stereocenters. The van der Waals surface area contributed by atoms with Gasteiger partial charge in [-0.05, 0) is 49.6 Å². The average Bonchev–Trinajstić information content (AvgIpc) is 2.74. The van der Waals surface area contributed by atoms with Crippen molar-refractivity contribution < 1.29 is 9.53 Å². The predicted molar refractivity (Wildman–Crippen MR) is 112 cm³/mol. The summed E-state index contributed by atoms with van der Waals surface area (Å²) in [5.74, 6) is 0.760. The van der Waals surface area contributed by atoms with Crippen molar-refractivity contribution in [2.75, 3.05) is 12.0 Å². The number of hydrogen-bond acceptors (Lipinski definition) is 5. The summed E-state index contributed by atoms with van der Waals surface area (Å²) < 4.78 is 5.25. The van der Waals surface area contributed by atoms with Crippen LogP contribution in [0.1, 0.15) is 36.3 Å². The predicted octanol–water partition coefficient (Wildman–Crippen LogP) is 4.31. The Bertz CT molecular complexity index is 1060. The van der Waals surface area contributed by atoms with Gasteiger partial charge in [0, 0.05) is 23.4 Å². The number of hydrogen-bond donors (Lipinski definition) is 1. The van der Waals surface area contributed by atoms with Gasteiger partial charge in [-0.25, -0.2) is 0 Å². The number of Topliss-reactive ketones (excluding diaryl/α,β-unsaturated/α-hetero) is 1. The Hall–Kier alpha value is -3.52. The third-order valence-electron chi connectivity index (χ3n) is 5.65. The second kappa shape index (κ2) is 7.48. The molecule has 146 valence electrons. The van der Waals surface area contributed by atoms with Crippen molar-refractivity contribution in [2.45, 2.75) is 32.1 Å². The number of nitrogens with zero attached hydrogens (tertiary/aromatic N) is 2. The van der Waals surface area contributed by atoms with Gasteiger partial charge in [-0.15, -0.1) is 0 Å². The van der Waals surface area contributed by atoms with Gasteiger partial charge < -0.3 is 10.5 Å². The molecule has 0 aromatic heterocycles. The zero-order chi connectivity index (χ0) is 20.5. The van der Waals surface area contributed by atoms with Crippen LogP contribution in [-0.4, -0.2) is 12.9 Å². The first kappa shape index (κ1) is 18.8. The topological polar surface area (TPSA) is 79.3 Å². The van der Waals surface area contributed by atoms with E-state index in [1.54, 1.807) is 7.11 Å². The number of aryl methyl sites for hydroxylation is 1. The normalized spacial score (nSPS) is 19.1. The fraction of sp³-hybridized carbons (Fsp3) is 0.250. The third kappa shape index (κ3) is 3.17. The minimum Gasteiger partial charge on any atom is -0.497 e. The van der Waals surface area contributed by atoms with Gasteiger partial charge in [-0.1, -0.05) is 29.8 Å². The zero-order valence-electron chi connectivity index (χ0n) is 16.6. The molecule has 0 bridgehead atoms. The van der Waals surface area contributed by atoms with Crippen LogP contribution < -0.4 is 15.4 Å². The van der Waals surface area contributed by atoms with E-state index in [1.165, 1.54) is 0 Å². The van der Waals surface area contributed by atoms with Crippen molar-refractivity contribution in [3.63, 3.8) is 0 Å². The maximum absolute atomic E-state index is 13.1. The van der Waals surface area contributed by atoms with Crippen molar-refractivity contribution in [2.24, 2.45) is 5.73 Å². The van der Waals surface area contributed by atoms with Gasteiger partial charge in [0.1, 0.15) is 11.6 Å². The highest BCUT2D eigenvalue weighted by Crippen LogP contribution is 2.46. The van der Waals surface area contributed by atoms with E-state index in [0.717, 1.165) is 41.1 Å². The maximum atomic E-state index is 13.1. The molecule has 2 N–H and O–H groups in total. The smallest absolute Gasteiger partial charge is 0.161 e. The highest BCUT2D eigenvalue weighted by molar-refractivity contribution is 6.01. The van der Waals surface area contributed by atoms with Crippen molar-refractivity contribution in [1.82, 2.24) is 0 Å². The molecule has 4 rings (SSSR count). The molecule has 0 unspecified atom stereocenters. The first-order chi connectivity index (χ1) is 14.0. The Morgan fingerprint density at radius 3 is 2.41 bits per heavy atom. The quantitative estimate of drug-likeness (QED) is 0.852. The van der Waals surface area contributed by atoms with Crippen LogP contribution in [0.5, 0.6) is 5.75 Å². The molecule has 0 fully saturated rings. The highest BCUT2D eigenvalue weighted by Gasteiger charge is 2.40. The first-order valence-electron chi connectivity index (χ1n) is 9.72. The van der Waals surface area contributed by atoms with Crippen molar-refractivity contribution in [3.8, 4) is 11.8 Å². The van der Waals surface area contributed by atoms with Gasteiger partial charge >= 0.3 is 0 Å². The lowest BCUT2D eigenvalue weighted by Crippen LogP contribution is -2.38. The Kier molecular flexibility index (Phi) is 4.85. The minimum atomic E-state index is -0.449. The van der Waals surface area contributed by atoms with E-state index in [4.69, 9.17) is 10.5 Å². The lowest BCUT2D eigenvalue weighted by Gasteiger charge is -2.39. The van der Waals surface area contributed by atoms with E-state index >= 15 is 0 Å². The van der Waals surface area contributed by atoms with Crippen LogP contribution in [0.4, 0.5) is 5.69 Å².